The molecule has 2 heteroatoms. The maximum Gasteiger partial charge on any atom is 0.00963 e. The summed E-state index contributed by atoms with van der Waals surface area (Å²) in [4.78, 5) is 2.23. The molecule has 11 heavy (non-hydrogen) atoms. The molecule has 1 fully saturated rings. The Morgan fingerprint density at radius 3 is 2.55 bits per heavy atom. The van der Waals surface area contributed by atoms with Gasteiger partial charge in [-0.2, -0.15) is 0 Å². The molecule has 1 aliphatic rings. The van der Waals surface area contributed by atoms with E-state index in [1.54, 1.807) is 0 Å². The zero-order chi connectivity index (χ0) is 8.27. The van der Waals surface area contributed by atoms with Gasteiger partial charge in [0.25, 0.3) is 0 Å². The molecule has 0 bridgehead atoms. The highest BCUT2D eigenvalue weighted by molar-refractivity contribution is 4.89. The molecule has 2 nitrogen and oxygen atoms in total. The van der Waals surface area contributed by atoms with Gasteiger partial charge in [-0.3, -0.25) is 0 Å². The molecule has 1 aliphatic carbocycles. The van der Waals surface area contributed by atoms with Crippen LogP contribution in [0.4, 0.5) is 0 Å². The summed E-state index contributed by atoms with van der Waals surface area (Å²) < 4.78 is 0. The first kappa shape index (κ1) is 9.01. The van der Waals surface area contributed by atoms with Gasteiger partial charge < -0.3 is 10.2 Å². The van der Waals surface area contributed by atoms with Gasteiger partial charge >= 0.3 is 0 Å². The molecule has 0 aromatic carbocycles. The van der Waals surface area contributed by atoms with Crippen molar-refractivity contribution >= 4 is 0 Å². The first-order chi connectivity index (χ1) is 5.20. The summed E-state index contributed by atoms with van der Waals surface area (Å²) >= 11 is 0. The molecule has 0 saturated heterocycles. The number of rotatable bonds is 5. The molecular formula is C9H20N2. The molecule has 1 N–H and O–H groups in total. The second-order valence-corrected chi connectivity index (χ2v) is 3.93. The standard InChI is InChI=1S/C9H20N2/c1-8-7-9(8)10-5-4-6-11(2)3/h8-10H,4-7H2,1-3H3. The smallest absolute Gasteiger partial charge is 0.00963 e. The fourth-order valence-electron chi connectivity index (χ4n) is 1.29. The van der Waals surface area contributed by atoms with Gasteiger partial charge in [0, 0.05) is 6.04 Å². The Labute approximate surface area is 70.0 Å². The van der Waals surface area contributed by atoms with Crippen molar-refractivity contribution < 1.29 is 0 Å². The lowest BCUT2D eigenvalue weighted by Gasteiger charge is -2.09. The molecule has 1 rings (SSSR count). The van der Waals surface area contributed by atoms with Gasteiger partial charge in [0.05, 0.1) is 0 Å². The van der Waals surface area contributed by atoms with Crippen molar-refractivity contribution in [2.24, 2.45) is 5.92 Å². The lowest BCUT2D eigenvalue weighted by Crippen LogP contribution is -2.23. The Bertz CT molecular complexity index is 112. The van der Waals surface area contributed by atoms with Gasteiger partial charge in [-0.05, 0) is 45.9 Å². The lowest BCUT2D eigenvalue weighted by atomic mass is 10.4. The summed E-state index contributed by atoms with van der Waals surface area (Å²) in [6.45, 7) is 4.70. The van der Waals surface area contributed by atoms with E-state index in [2.05, 4.69) is 31.2 Å². The Hall–Kier alpha value is -0.0800. The molecule has 66 valence electrons. The largest absolute Gasteiger partial charge is 0.314 e. The van der Waals surface area contributed by atoms with Crippen LogP contribution in [0.1, 0.15) is 19.8 Å². The average Bonchev–Trinajstić information content (AvgIpc) is 2.59. The third-order valence-electron chi connectivity index (χ3n) is 2.30. The minimum atomic E-state index is 0.845. The van der Waals surface area contributed by atoms with Gasteiger partial charge in [0.1, 0.15) is 0 Å². The molecule has 1 saturated carbocycles. The van der Waals surface area contributed by atoms with Crippen LogP contribution < -0.4 is 5.32 Å². The van der Waals surface area contributed by atoms with E-state index in [1.165, 1.54) is 25.9 Å². The van der Waals surface area contributed by atoms with Gasteiger partial charge in [-0.15, -0.1) is 0 Å². The number of hydrogen-bond acceptors (Lipinski definition) is 2. The molecule has 0 aliphatic heterocycles. The van der Waals surface area contributed by atoms with Gasteiger partial charge in [0.2, 0.25) is 0 Å². The number of nitrogens with zero attached hydrogens (tertiary/aromatic N) is 1. The van der Waals surface area contributed by atoms with Crippen molar-refractivity contribution in [2.75, 3.05) is 27.2 Å². The first-order valence-electron chi connectivity index (χ1n) is 4.58. The molecule has 2 unspecified atom stereocenters. The fraction of sp³-hybridized carbons (Fsp3) is 1.00. The van der Waals surface area contributed by atoms with Crippen molar-refractivity contribution in [3.05, 3.63) is 0 Å². The molecule has 0 aromatic heterocycles. The molecule has 0 aromatic rings. The van der Waals surface area contributed by atoms with Gasteiger partial charge in [-0.25, -0.2) is 0 Å². The zero-order valence-electron chi connectivity index (χ0n) is 7.93. The molecule has 0 amide bonds. The second kappa shape index (κ2) is 4.07. The third-order valence-corrected chi connectivity index (χ3v) is 2.30. The van der Waals surface area contributed by atoms with Crippen molar-refractivity contribution in [3.8, 4) is 0 Å². The van der Waals surface area contributed by atoms with Crippen LogP contribution in [-0.4, -0.2) is 38.1 Å². The van der Waals surface area contributed by atoms with Crippen LogP contribution in [0.2, 0.25) is 0 Å². The predicted octanol–water partition coefficient (Wildman–Crippen LogP) is 0.936. The Morgan fingerprint density at radius 2 is 2.09 bits per heavy atom. The normalized spacial score (nSPS) is 29.5. The van der Waals surface area contributed by atoms with E-state index >= 15 is 0 Å². The monoisotopic (exact) mass is 156 g/mol. The van der Waals surface area contributed by atoms with Gasteiger partial charge in [0.15, 0.2) is 0 Å². The highest BCUT2D eigenvalue weighted by Gasteiger charge is 2.31. The highest BCUT2D eigenvalue weighted by atomic mass is 15.1. The Morgan fingerprint density at radius 1 is 1.45 bits per heavy atom. The summed E-state index contributed by atoms with van der Waals surface area (Å²) in [6.07, 6.45) is 2.66. The SMILES string of the molecule is CC1CC1NCCCN(C)C. The average molecular weight is 156 g/mol. The van der Waals surface area contributed by atoms with Gasteiger partial charge in [-0.1, -0.05) is 6.92 Å². The Kier molecular flexibility index (Phi) is 3.34. The summed E-state index contributed by atoms with van der Waals surface area (Å²) in [5.74, 6) is 0.939. The number of nitrogens with one attached hydrogen (secondary N) is 1. The topological polar surface area (TPSA) is 15.3 Å². The van der Waals surface area contributed by atoms with E-state index in [-0.39, 0.29) is 0 Å². The van der Waals surface area contributed by atoms with Crippen LogP contribution >= 0.6 is 0 Å². The molecular weight excluding hydrogens is 136 g/mol. The first-order valence-corrected chi connectivity index (χ1v) is 4.58. The minimum absolute atomic E-state index is 0.845. The molecule has 0 heterocycles. The van der Waals surface area contributed by atoms with Crippen LogP contribution in [0.15, 0.2) is 0 Å². The predicted molar refractivity (Wildman–Crippen MR) is 48.7 cm³/mol. The van der Waals surface area contributed by atoms with Crippen LogP contribution in [-0.2, 0) is 0 Å². The summed E-state index contributed by atoms with van der Waals surface area (Å²) in [7, 11) is 4.25. The maximum atomic E-state index is 3.54. The van der Waals surface area contributed by atoms with E-state index in [9.17, 15) is 0 Å². The van der Waals surface area contributed by atoms with Crippen molar-refractivity contribution in [2.45, 2.75) is 25.8 Å². The third kappa shape index (κ3) is 3.73. The van der Waals surface area contributed by atoms with Crippen LogP contribution in [0.3, 0.4) is 0 Å². The van der Waals surface area contributed by atoms with Crippen molar-refractivity contribution in [3.63, 3.8) is 0 Å². The maximum absolute atomic E-state index is 3.54. The zero-order valence-corrected chi connectivity index (χ0v) is 7.93. The Balaban J connectivity index is 1.81. The van der Waals surface area contributed by atoms with E-state index < -0.39 is 0 Å². The molecule has 2 atom stereocenters. The van der Waals surface area contributed by atoms with Crippen molar-refractivity contribution in [1.82, 2.24) is 10.2 Å². The van der Waals surface area contributed by atoms with E-state index in [1.807, 2.05) is 0 Å². The quantitative estimate of drug-likeness (QED) is 0.596. The van der Waals surface area contributed by atoms with E-state index in [0.29, 0.717) is 0 Å². The highest BCUT2D eigenvalue weighted by Crippen LogP contribution is 2.28. The fourth-order valence-corrected chi connectivity index (χ4v) is 1.29. The molecule has 0 radical (unpaired) electrons. The second-order valence-electron chi connectivity index (χ2n) is 3.93. The summed E-state index contributed by atoms with van der Waals surface area (Å²) in [5, 5.41) is 3.54. The lowest BCUT2D eigenvalue weighted by molar-refractivity contribution is 0.393. The van der Waals surface area contributed by atoms with Crippen LogP contribution in [0.25, 0.3) is 0 Å². The van der Waals surface area contributed by atoms with Crippen molar-refractivity contribution in [1.29, 1.82) is 0 Å². The molecule has 0 spiro atoms. The van der Waals surface area contributed by atoms with Crippen LogP contribution in [0, 0.1) is 5.92 Å². The van der Waals surface area contributed by atoms with E-state index in [0.717, 1.165) is 12.0 Å². The minimum Gasteiger partial charge on any atom is -0.314 e. The summed E-state index contributed by atoms with van der Waals surface area (Å²) in [5.41, 5.74) is 0. The number of hydrogen-bond donors (Lipinski definition) is 1. The summed E-state index contributed by atoms with van der Waals surface area (Å²) in [6, 6.07) is 0.845. The van der Waals surface area contributed by atoms with E-state index in [4.69, 9.17) is 0 Å². The van der Waals surface area contributed by atoms with Crippen LogP contribution in [0.5, 0.6) is 0 Å².